The number of nitrogens with zero attached hydrogens (tertiary/aromatic N) is 2. The van der Waals surface area contributed by atoms with Crippen molar-refractivity contribution in [2.45, 2.75) is 23.9 Å². The Bertz CT molecular complexity index is 1940. The molecule has 240 valence electrons. The summed E-state index contributed by atoms with van der Waals surface area (Å²) >= 11 is 4.13. The van der Waals surface area contributed by atoms with Crippen LogP contribution >= 0.6 is 34.4 Å². The largest absolute Gasteiger partial charge is 0.448 e. The number of hydrogen-bond acceptors (Lipinski definition) is 9. The van der Waals surface area contributed by atoms with Crippen LogP contribution in [0.15, 0.2) is 120 Å². The summed E-state index contributed by atoms with van der Waals surface area (Å²) in [5, 5.41) is 7.46. The van der Waals surface area contributed by atoms with Crippen LogP contribution in [-0.4, -0.2) is 50.7 Å². The Morgan fingerprint density at radius 2 is 1.56 bits per heavy atom. The first-order valence-electron chi connectivity index (χ1n) is 15.1. The molecule has 9 nitrogen and oxygen atoms in total. The zero-order valence-corrected chi connectivity index (χ0v) is 27.7. The molecule has 0 aliphatic carbocycles. The maximum Gasteiger partial charge on any atom is 0.356 e. The van der Waals surface area contributed by atoms with Crippen molar-refractivity contribution < 1.29 is 23.9 Å². The first-order valence-corrected chi connectivity index (χ1v) is 17.8. The fourth-order valence-corrected chi connectivity index (χ4v) is 8.59. The number of carbonyl (C=O) groups excluding carboxylic acids is 4. The molecule has 0 bridgehead atoms. The number of aromatic nitrogens is 1. The molecule has 2 aromatic heterocycles. The molecule has 4 heterocycles. The number of amides is 3. The first kappa shape index (κ1) is 31.6. The maximum atomic E-state index is 14.3. The van der Waals surface area contributed by atoms with Crippen LogP contribution in [0, 0.1) is 0 Å². The Morgan fingerprint density at radius 1 is 0.896 bits per heavy atom. The van der Waals surface area contributed by atoms with Gasteiger partial charge in [0, 0.05) is 28.0 Å². The maximum absolute atomic E-state index is 14.3. The van der Waals surface area contributed by atoms with E-state index in [-0.39, 0.29) is 23.9 Å². The number of β-lactam (4-membered cyclic amide) rings is 1. The number of esters is 1. The van der Waals surface area contributed by atoms with Gasteiger partial charge >= 0.3 is 5.97 Å². The van der Waals surface area contributed by atoms with Gasteiger partial charge in [-0.25, -0.2) is 9.78 Å². The second kappa shape index (κ2) is 14.0. The highest BCUT2D eigenvalue weighted by Crippen LogP contribution is 2.45. The van der Waals surface area contributed by atoms with E-state index in [9.17, 15) is 19.2 Å². The van der Waals surface area contributed by atoms with Gasteiger partial charge in [0.1, 0.15) is 17.1 Å². The third kappa shape index (κ3) is 6.55. The summed E-state index contributed by atoms with van der Waals surface area (Å²) in [4.78, 5) is 61.1. The van der Waals surface area contributed by atoms with Gasteiger partial charge in [-0.15, -0.1) is 23.1 Å². The van der Waals surface area contributed by atoms with Gasteiger partial charge in [-0.05, 0) is 34.7 Å². The van der Waals surface area contributed by atoms with Gasteiger partial charge in [-0.1, -0.05) is 96.3 Å². The minimum absolute atomic E-state index is 0.106. The van der Waals surface area contributed by atoms with Crippen molar-refractivity contribution in [2.24, 2.45) is 0 Å². The molecule has 3 aromatic carbocycles. The van der Waals surface area contributed by atoms with Crippen molar-refractivity contribution >= 4 is 68.8 Å². The number of anilines is 1. The van der Waals surface area contributed by atoms with Crippen LogP contribution in [0.3, 0.4) is 0 Å². The van der Waals surface area contributed by atoms with Crippen LogP contribution in [0.4, 0.5) is 5.13 Å². The van der Waals surface area contributed by atoms with E-state index >= 15 is 0 Å². The third-order valence-corrected chi connectivity index (χ3v) is 11.0. The lowest BCUT2D eigenvalue weighted by Gasteiger charge is -2.49. The average Bonchev–Trinajstić information content (AvgIpc) is 3.82. The number of thioether (sulfide) groups is 1. The predicted molar refractivity (Wildman–Crippen MR) is 187 cm³/mol. The summed E-state index contributed by atoms with van der Waals surface area (Å²) in [6.45, 7) is 0. The van der Waals surface area contributed by atoms with E-state index in [4.69, 9.17) is 4.74 Å². The molecule has 1 fully saturated rings. The molecule has 2 unspecified atom stereocenters. The van der Waals surface area contributed by atoms with Crippen molar-refractivity contribution in [3.8, 4) is 0 Å². The summed E-state index contributed by atoms with van der Waals surface area (Å²) in [5.74, 6) is -1.28. The highest BCUT2D eigenvalue weighted by molar-refractivity contribution is 8.00. The van der Waals surface area contributed by atoms with E-state index in [1.807, 2.05) is 84.2 Å². The quantitative estimate of drug-likeness (QED) is 0.133. The first-order chi connectivity index (χ1) is 23.5. The molecule has 2 aliphatic heterocycles. The zero-order chi connectivity index (χ0) is 33.0. The van der Waals surface area contributed by atoms with E-state index in [2.05, 4.69) is 15.6 Å². The molecule has 7 rings (SSSR count). The van der Waals surface area contributed by atoms with Crippen LogP contribution in [0.2, 0.25) is 0 Å². The minimum atomic E-state index is -0.784. The van der Waals surface area contributed by atoms with E-state index in [1.54, 1.807) is 30.5 Å². The van der Waals surface area contributed by atoms with Crippen molar-refractivity contribution in [1.29, 1.82) is 0 Å². The lowest BCUT2D eigenvalue weighted by molar-refractivity contribution is -0.154. The molecule has 0 spiro atoms. The molecule has 2 atom stereocenters. The molecular formula is C36H28N4O5S3. The van der Waals surface area contributed by atoms with E-state index in [1.165, 1.54) is 39.3 Å². The topological polar surface area (TPSA) is 118 Å². The van der Waals surface area contributed by atoms with E-state index < -0.39 is 29.4 Å². The van der Waals surface area contributed by atoms with E-state index in [0.717, 1.165) is 16.0 Å². The summed E-state index contributed by atoms with van der Waals surface area (Å²) in [6, 6.07) is 30.6. The van der Waals surface area contributed by atoms with Gasteiger partial charge in [-0.2, -0.15) is 0 Å². The molecule has 3 amide bonds. The molecule has 2 aliphatic rings. The van der Waals surface area contributed by atoms with Crippen molar-refractivity contribution in [3.05, 3.63) is 147 Å². The van der Waals surface area contributed by atoms with Crippen molar-refractivity contribution in [1.82, 2.24) is 15.2 Å². The van der Waals surface area contributed by atoms with Crippen molar-refractivity contribution in [3.63, 3.8) is 0 Å². The number of hydrogen-bond donors (Lipinski definition) is 2. The van der Waals surface area contributed by atoms with Gasteiger partial charge in [0.05, 0.1) is 11.3 Å². The van der Waals surface area contributed by atoms with Crippen LogP contribution in [-0.2, 0) is 25.5 Å². The third-order valence-electron chi connectivity index (χ3n) is 7.88. The summed E-state index contributed by atoms with van der Waals surface area (Å²) < 4.78 is 6.26. The highest BCUT2D eigenvalue weighted by atomic mass is 32.2. The van der Waals surface area contributed by atoms with Crippen LogP contribution < -0.4 is 10.6 Å². The van der Waals surface area contributed by atoms with Gasteiger partial charge in [0.15, 0.2) is 11.2 Å². The van der Waals surface area contributed by atoms with Crippen LogP contribution in [0.5, 0.6) is 0 Å². The second-order valence-corrected chi connectivity index (χ2v) is 14.2. The fraction of sp³-hybridized carbons (Fsp3) is 0.139. The number of rotatable bonds is 10. The minimum Gasteiger partial charge on any atom is -0.448 e. The van der Waals surface area contributed by atoms with Gasteiger partial charge in [0.2, 0.25) is 5.91 Å². The highest BCUT2D eigenvalue weighted by Gasteiger charge is 2.55. The molecule has 5 aromatic rings. The summed E-state index contributed by atoms with van der Waals surface area (Å²) in [7, 11) is 0. The predicted octanol–water partition coefficient (Wildman–Crippen LogP) is 6.14. The lowest BCUT2D eigenvalue weighted by Crippen LogP contribution is -2.70. The molecule has 12 heteroatoms. The normalized spacial score (nSPS) is 17.0. The Morgan fingerprint density at radius 3 is 2.21 bits per heavy atom. The lowest BCUT2D eigenvalue weighted by atomic mass is 10.0. The monoisotopic (exact) mass is 692 g/mol. The number of benzene rings is 3. The van der Waals surface area contributed by atoms with E-state index in [0.29, 0.717) is 26.9 Å². The van der Waals surface area contributed by atoms with Crippen molar-refractivity contribution in [2.75, 3.05) is 11.1 Å². The van der Waals surface area contributed by atoms with Crippen LogP contribution in [0.25, 0.3) is 5.57 Å². The summed E-state index contributed by atoms with van der Waals surface area (Å²) in [6.07, 6.45) is 1.02. The molecular weight excluding hydrogens is 665 g/mol. The summed E-state index contributed by atoms with van der Waals surface area (Å²) in [5.41, 5.74) is 2.71. The number of thiazole rings is 1. The van der Waals surface area contributed by atoms with Crippen LogP contribution in [0.1, 0.15) is 37.3 Å². The Balaban J connectivity index is 1.20. The number of fused-ring (bicyclic) bond motifs is 1. The SMILES string of the molecule is O=C(Cc1cccs1)NC1C(=O)N2C(C(=O)OC(c3ccccc3)c3ccccc3)=C(c3cnc(NC(=O)c4ccccc4)s3)CSC12. The number of carbonyl (C=O) groups is 4. The zero-order valence-electron chi connectivity index (χ0n) is 25.3. The molecule has 2 N–H and O–H groups in total. The Hall–Kier alpha value is -5.04. The number of thiophene rings is 1. The Kier molecular flexibility index (Phi) is 9.19. The second-order valence-electron chi connectivity index (χ2n) is 11.0. The number of ether oxygens (including phenoxy) is 1. The Labute approximate surface area is 288 Å². The molecule has 1 saturated heterocycles. The van der Waals surface area contributed by atoms with Gasteiger partial charge in [-0.3, -0.25) is 24.6 Å². The number of nitrogens with one attached hydrogen (secondary N) is 2. The smallest absolute Gasteiger partial charge is 0.356 e. The molecule has 48 heavy (non-hydrogen) atoms. The molecule has 0 radical (unpaired) electrons. The van der Waals surface area contributed by atoms with Gasteiger partial charge in [0.25, 0.3) is 11.8 Å². The molecule has 0 saturated carbocycles. The van der Waals surface area contributed by atoms with Gasteiger partial charge < -0.3 is 10.1 Å². The standard InChI is InChI=1S/C36H28N4O5S3/c41-28(19-25-17-10-18-46-25)38-29-33(43)40-30(35(44)45-31(22-11-4-1-5-12-22)23-13-6-2-7-14-23)26(21-47-34(29)40)27-20-37-36(48-27)39-32(42)24-15-8-3-9-16-24/h1-18,20,29,31,34H,19,21H2,(H,38,41)(H,37,39,42). The fourth-order valence-electron chi connectivity index (χ4n) is 5.57. The average molecular weight is 693 g/mol.